The number of carbonyl (C=O) groups excluding carboxylic acids is 1. The molecule has 2 aliphatic rings. The number of rotatable bonds is 1. The van der Waals surface area contributed by atoms with E-state index in [9.17, 15) is 4.79 Å². The lowest BCUT2D eigenvalue weighted by Crippen LogP contribution is -2.21. The number of hydrogen-bond acceptors (Lipinski definition) is 3. The number of allylic oxidation sites excluding steroid dienone is 1. The van der Waals surface area contributed by atoms with Crippen LogP contribution in [0.4, 0.5) is 0 Å². The fraction of sp³-hybridized carbons (Fsp3) is 0.214. The summed E-state index contributed by atoms with van der Waals surface area (Å²) >= 11 is 0. The molecule has 0 amide bonds. The van der Waals surface area contributed by atoms with Crippen LogP contribution in [0.5, 0.6) is 0 Å². The van der Waals surface area contributed by atoms with Crippen molar-refractivity contribution in [3.63, 3.8) is 0 Å². The van der Waals surface area contributed by atoms with Crippen LogP contribution in [0.1, 0.15) is 24.5 Å². The Kier molecular flexibility index (Phi) is 2.25. The normalized spacial score (nSPS) is 20.6. The summed E-state index contributed by atoms with van der Waals surface area (Å²) in [7, 11) is 0. The molecule has 1 atom stereocenters. The lowest BCUT2D eigenvalue weighted by molar-refractivity contribution is -0.167. The Morgan fingerprint density at radius 3 is 3.06 bits per heavy atom. The van der Waals surface area contributed by atoms with Crippen LogP contribution in [0, 0.1) is 0 Å². The largest absolute Gasteiger partial charge is 0.454 e. The number of esters is 1. The topological polar surface area (TPSA) is 35.5 Å². The summed E-state index contributed by atoms with van der Waals surface area (Å²) < 4.78 is 10.7. The molecule has 1 aliphatic heterocycles. The van der Waals surface area contributed by atoms with Crippen LogP contribution in [-0.4, -0.2) is 12.3 Å². The SMILES string of the molecule is CC(=O)OC1CC=C2C(=Cc3ccccc32)O1. The highest BCUT2D eigenvalue weighted by Gasteiger charge is 2.27. The van der Waals surface area contributed by atoms with E-state index in [0.717, 1.165) is 16.9 Å². The monoisotopic (exact) mass is 228 g/mol. The molecule has 3 nitrogen and oxygen atoms in total. The molecule has 1 aliphatic carbocycles. The summed E-state index contributed by atoms with van der Waals surface area (Å²) in [5.41, 5.74) is 3.44. The van der Waals surface area contributed by atoms with Crippen LogP contribution in [0.2, 0.25) is 0 Å². The van der Waals surface area contributed by atoms with Crippen molar-refractivity contribution in [2.45, 2.75) is 19.6 Å². The molecule has 0 aromatic heterocycles. The van der Waals surface area contributed by atoms with Gasteiger partial charge in [-0.25, -0.2) is 0 Å². The van der Waals surface area contributed by atoms with Gasteiger partial charge in [0.15, 0.2) is 0 Å². The van der Waals surface area contributed by atoms with Gasteiger partial charge in [-0.3, -0.25) is 4.79 Å². The molecule has 86 valence electrons. The van der Waals surface area contributed by atoms with E-state index in [4.69, 9.17) is 9.47 Å². The Bertz CT molecular complexity index is 540. The highest BCUT2D eigenvalue weighted by atomic mass is 16.7. The van der Waals surface area contributed by atoms with Gasteiger partial charge in [0.25, 0.3) is 0 Å². The van der Waals surface area contributed by atoms with Gasteiger partial charge in [-0.2, -0.15) is 0 Å². The second-order valence-electron chi connectivity index (χ2n) is 4.11. The molecule has 0 fully saturated rings. The molecule has 1 aromatic carbocycles. The molecule has 3 heteroatoms. The van der Waals surface area contributed by atoms with E-state index in [1.807, 2.05) is 24.3 Å². The van der Waals surface area contributed by atoms with Crippen molar-refractivity contribution < 1.29 is 14.3 Å². The molecule has 3 rings (SSSR count). The maximum absolute atomic E-state index is 10.9. The lowest BCUT2D eigenvalue weighted by Gasteiger charge is -2.23. The lowest BCUT2D eigenvalue weighted by atomic mass is 10.0. The van der Waals surface area contributed by atoms with E-state index in [2.05, 4.69) is 12.1 Å². The Balaban J connectivity index is 1.90. The predicted molar refractivity (Wildman–Crippen MR) is 63.7 cm³/mol. The predicted octanol–water partition coefficient (Wildman–Crippen LogP) is 2.73. The van der Waals surface area contributed by atoms with Crippen molar-refractivity contribution in [1.29, 1.82) is 0 Å². The zero-order valence-electron chi connectivity index (χ0n) is 9.47. The van der Waals surface area contributed by atoms with Gasteiger partial charge < -0.3 is 9.47 Å². The van der Waals surface area contributed by atoms with Gasteiger partial charge in [0.05, 0.1) is 0 Å². The summed E-state index contributed by atoms with van der Waals surface area (Å²) in [5.74, 6) is 0.478. The molecular weight excluding hydrogens is 216 g/mol. The highest BCUT2D eigenvalue weighted by molar-refractivity contribution is 5.93. The Labute approximate surface area is 99.3 Å². The minimum atomic E-state index is -0.489. The third-order valence-electron chi connectivity index (χ3n) is 2.87. The van der Waals surface area contributed by atoms with E-state index < -0.39 is 6.29 Å². The zero-order chi connectivity index (χ0) is 11.8. The Morgan fingerprint density at radius 1 is 1.41 bits per heavy atom. The maximum Gasteiger partial charge on any atom is 0.305 e. The molecule has 0 spiro atoms. The van der Waals surface area contributed by atoms with Gasteiger partial charge in [-0.1, -0.05) is 30.3 Å². The molecule has 0 radical (unpaired) electrons. The quantitative estimate of drug-likeness (QED) is 0.693. The van der Waals surface area contributed by atoms with Gasteiger partial charge in [0, 0.05) is 18.9 Å². The fourth-order valence-electron chi connectivity index (χ4n) is 2.19. The van der Waals surface area contributed by atoms with E-state index in [-0.39, 0.29) is 5.97 Å². The first-order valence-electron chi connectivity index (χ1n) is 5.59. The second-order valence-corrected chi connectivity index (χ2v) is 4.11. The van der Waals surface area contributed by atoms with Gasteiger partial charge in [-0.15, -0.1) is 0 Å². The number of carbonyl (C=O) groups is 1. The number of ether oxygens (including phenoxy) is 2. The van der Waals surface area contributed by atoms with Crippen molar-refractivity contribution in [3.05, 3.63) is 47.2 Å². The van der Waals surface area contributed by atoms with Crippen LogP contribution in [0.15, 0.2) is 36.1 Å². The van der Waals surface area contributed by atoms with Gasteiger partial charge >= 0.3 is 5.97 Å². The molecule has 0 saturated heterocycles. The smallest absolute Gasteiger partial charge is 0.305 e. The van der Waals surface area contributed by atoms with Gasteiger partial charge in [-0.05, 0) is 17.2 Å². The number of hydrogen-bond donors (Lipinski definition) is 0. The van der Waals surface area contributed by atoms with Crippen molar-refractivity contribution >= 4 is 17.6 Å². The average molecular weight is 228 g/mol. The van der Waals surface area contributed by atoms with E-state index >= 15 is 0 Å². The Morgan fingerprint density at radius 2 is 2.24 bits per heavy atom. The van der Waals surface area contributed by atoms with Gasteiger partial charge in [0.1, 0.15) is 5.76 Å². The zero-order valence-corrected chi connectivity index (χ0v) is 9.47. The minimum Gasteiger partial charge on any atom is -0.454 e. The van der Waals surface area contributed by atoms with E-state index in [0.29, 0.717) is 6.42 Å². The highest BCUT2D eigenvalue weighted by Crippen LogP contribution is 2.39. The van der Waals surface area contributed by atoms with Crippen LogP contribution >= 0.6 is 0 Å². The standard InChI is InChI=1S/C14H12O3/c1-9(15)16-14-7-6-12-11-5-3-2-4-10(11)8-13(12)17-14/h2-6,8,14H,7H2,1H3. The molecule has 1 heterocycles. The van der Waals surface area contributed by atoms with Crippen LogP contribution in [0.3, 0.4) is 0 Å². The molecule has 0 bridgehead atoms. The molecule has 0 saturated carbocycles. The molecular formula is C14H12O3. The van der Waals surface area contributed by atoms with Crippen LogP contribution in [0.25, 0.3) is 11.6 Å². The maximum atomic E-state index is 10.9. The summed E-state index contributed by atoms with van der Waals surface area (Å²) in [4.78, 5) is 10.9. The second kappa shape index (κ2) is 3.77. The third kappa shape index (κ3) is 1.73. The molecule has 1 unspecified atom stereocenters. The van der Waals surface area contributed by atoms with E-state index in [1.165, 1.54) is 12.5 Å². The summed E-state index contributed by atoms with van der Waals surface area (Å²) in [6.45, 7) is 1.39. The Hall–Kier alpha value is -2.03. The summed E-state index contributed by atoms with van der Waals surface area (Å²) in [5, 5.41) is 0. The summed E-state index contributed by atoms with van der Waals surface area (Å²) in [6.07, 6.45) is 4.16. The van der Waals surface area contributed by atoms with Crippen LogP contribution < -0.4 is 0 Å². The van der Waals surface area contributed by atoms with Gasteiger partial charge in [0.2, 0.25) is 6.29 Å². The van der Waals surface area contributed by atoms with Crippen molar-refractivity contribution in [3.8, 4) is 0 Å². The number of fused-ring (bicyclic) bond motifs is 3. The average Bonchev–Trinajstić information content (AvgIpc) is 2.65. The van der Waals surface area contributed by atoms with Crippen molar-refractivity contribution in [1.82, 2.24) is 0 Å². The molecule has 0 N–H and O–H groups in total. The third-order valence-corrected chi connectivity index (χ3v) is 2.87. The van der Waals surface area contributed by atoms with Crippen molar-refractivity contribution in [2.24, 2.45) is 0 Å². The fourth-order valence-corrected chi connectivity index (χ4v) is 2.19. The number of benzene rings is 1. The van der Waals surface area contributed by atoms with Crippen LogP contribution in [-0.2, 0) is 14.3 Å². The first kappa shape index (κ1) is 10.1. The first-order chi connectivity index (χ1) is 8.24. The van der Waals surface area contributed by atoms with E-state index in [1.54, 1.807) is 0 Å². The summed E-state index contributed by atoms with van der Waals surface area (Å²) in [6, 6.07) is 8.12. The molecule has 17 heavy (non-hydrogen) atoms. The first-order valence-corrected chi connectivity index (χ1v) is 5.59. The molecule has 1 aromatic rings. The minimum absolute atomic E-state index is 0.317. The van der Waals surface area contributed by atoms with Crippen molar-refractivity contribution in [2.75, 3.05) is 0 Å².